The number of carbonyl (C=O) groups is 1. The van der Waals surface area contributed by atoms with Crippen LogP contribution in [0.25, 0.3) is 11.0 Å². The van der Waals surface area contributed by atoms with E-state index in [0.29, 0.717) is 39.3 Å². The number of ether oxygens (including phenoxy) is 3. The van der Waals surface area contributed by atoms with E-state index in [1.807, 2.05) is 0 Å². The lowest BCUT2D eigenvalue weighted by molar-refractivity contribution is 0.101. The molecule has 0 saturated heterocycles. The lowest BCUT2D eigenvalue weighted by atomic mass is 10.0. The van der Waals surface area contributed by atoms with Crippen LogP contribution < -0.4 is 14.2 Å². The fraction of sp³-hybridized carbons (Fsp3) is 0.211. The van der Waals surface area contributed by atoms with E-state index >= 15 is 0 Å². The van der Waals surface area contributed by atoms with Crippen molar-refractivity contribution in [2.45, 2.75) is 6.92 Å². The number of carbonyl (C=O) groups excluding carboxylic acids is 1. The summed E-state index contributed by atoms with van der Waals surface area (Å²) < 4.78 is 21.5. The molecule has 0 fully saturated rings. The van der Waals surface area contributed by atoms with E-state index in [0.717, 1.165) is 0 Å². The van der Waals surface area contributed by atoms with Crippen LogP contribution in [0, 0.1) is 6.92 Å². The number of methoxy groups -OCH3 is 3. The molecule has 1 aromatic heterocycles. The first-order valence-corrected chi connectivity index (χ1v) is 7.57. The zero-order valence-corrected chi connectivity index (χ0v) is 14.4. The second-order valence-electron chi connectivity index (χ2n) is 5.45. The minimum atomic E-state index is -0.340. The van der Waals surface area contributed by atoms with Crippen molar-refractivity contribution in [2.75, 3.05) is 21.3 Å². The zero-order valence-electron chi connectivity index (χ0n) is 14.4. The van der Waals surface area contributed by atoms with Crippen LogP contribution in [0.5, 0.6) is 23.0 Å². The van der Waals surface area contributed by atoms with Crippen molar-refractivity contribution in [1.29, 1.82) is 0 Å². The van der Waals surface area contributed by atoms with Gasteiger partial charge in [-0.15, -0.1) is 0 Å². The summed E-state index contributed by atoms with van der Waals surface area (Å²) in [6.07, 6.45) is 0. The Kier molecular flexibility index (Phi) is 4.27. The summed E-state index contributed by atoms with van der Waals surface area (Å²) in [6, 6.07) is 8.05. The van der Waals surface area contributed by atoms with Gasteiger partial charge in [0.05, 0.1) is 26.7 Å². The summed E-state index contributed by atoms with van der Waals surface area (Å²) in [6.45, 7) is 1.73. The summed E-state index contributed by atoms with van der Waals surface area (Å²) in [7, 11) is 4.46. The fourth-order valence-corrected chi connectivity index (χ4v) is 2.84. The number of ketones is 1. The maximum atomic E-state index is 13.0. The molecule has 3 aromatic rings. The van der Waals surface area contributed by atoms with Gasteiger partial charge in [-0.2, -0.15) is 0 Å². The topological polar surface area (TPSA) is 78.1 Å². The van der Waals surface area contributed by atoms with Gasteiger partial charge < -0.3 is 23.7 Å². The monoisotopic (exact) mass is 342 g/mol. The van der Waals surface area contributed by atoms with Gasteiger partial charge in [0.2, 0.25) is 11.5 Å². The molecule has 25 heavy (non-hydrogen) atoms. The third-order valence-electron chi connectivity index (χ3n) is 4.06. The number of fused-ring (bicyclic) bond motifs is 1. The molecular formula is C19H18O6. The summed E-state index contributed by atoms with van der Waals surface area (Å²) >= 11 is 0. The Morgan fingerprint density at radius 2 is 1.68 bits per heavy atom. The van der Waals surface area contributed by atoms with Crippen molar-refractivity contribution < 1.29 is 28.5 Å². The van der Waals surface area contributed by atoms with Crippen LogP contribution in [0.4, 0.5) is 0 Å². The second kappa shape index (κ2) is 6.39. The molecular weight excluding hydrogens is 324 g/mol. The molecule has 0 aliphatic rings. The summed E-state index contributed by atoms with van der Waals surface area (Å²) in [5.41, 5.74) is 1.36. The highest BCUT2D eigenvalue weighted by Gasteiger charge is 2.24. The largest absolute Gasteiger partial charge is 0.507 e. The Bertz CT molecular complexity index is 929. The Hall–Kier alpha value is -3.15. The SMILES string of the molecule is COc1cc(C(=O)c2oc3cccc(O)c3c2C)cc(OC)c1OC. The molecule has 0 amide bonds. The minimum absolute atomic E-state index is 0.0719. The van der Waals surface area contributed by atoms with Crippen molar-refractivity contribution in [2.24, 2.45) is 0 Å². The van der Waals surface area contributed by atoms with Crippen LogP contribution in [-0.4, -0.2) is 32.2 Å². The second-order valence-corrected chi connectivity index (χ2v) is 5.45. The molecule has 0 spiro atoms. The van der Waals surface area contributed by atoms with Gasteiger partial charge >= 0.3 is 0 Å². The van der Waals surface area contributed by atoms with Gasteiger partial charge in [-0.3, -0.25) is 4.79 Å². The standard InChI is InChI=1S/C19H18O6/c1-10-16-12(20)6-5-7-13(16)25-18(10)17(21)11-8-14(22-2)19(24-4)15(9-11)23-3/h5-9,20H,1-4H3. The fourth-order valence-electron chi connectivity index (χ4n) is 2.84. The summed E-state index contributed by atoms with van der Waals surface area (Å²) in [5, 5.41) is 10.5. The zero-order chi connectivity index (χ0) is 18.1. The first kappa shape index (κ1) is 16.7. The lowest BCUT2D eigenvalue weighted by Crippen LogP contribution is -2.04. The molecule has 6 heteroatoms. The molecule has 2 aromatic carbocycles. The number of furan rings is 1. The van der Waals surface area contributed by atoms with Crippen molar-refractivity contribution in [3.63, 3.8) is 0 Å². The molecule has 1 heterocycles. The van der Waals surface area contributed by atoms with E-state index in [2.05, 4.69) is 0 Å². The molecule has 0 bridgehead atoms. The highest BCUT2D eigenvalue weighted by Crippen LogP contribution is 2.40. The maximum absolute atomic E-state index is 13.0. The highest BCUT2D eigenvalue weighted by atomic mass is 16.5. The van der Waals surface area contributed by atoms with Gasteiger partial charge in [0.1, 0.15) is 11.3 Å². The molecule has 0 aliphatic heterocycles. The van der Waals surface area contributed by atoms with Crippen molar-refractivity contribution >= 4 is 16.8 Å². The van der Waals surface area contributed by atoms with Gasteiger partial charge in [0.25, 0.3) is 0 Å². The van der Waals surface area contributed by atoms with E-state index in [9.17, 15) is 9.90 Å². The normalized spacial score (nSPS) is 10.7. The minimum Gasteiger partial charge on any atom is -0.507 e. The maximum Gasteiger partial charge on any atom is 0.228 e. The number of aryl methyl sites for hydroxylation is 1. The van der Waals surface area contributed by atoms with E-state index in [1.54, 1.807) is 37.3 Å². The van der Waals surface area contributed by atoms with Gasteiger partial charge in [-0.1, -0.05) is 6.07 Å². The number of hydrogen-bond donors (Lipinski definition) is 1. The molecule has 0 radical (unpaired) electrons. The van der Waals surface area contributed by atoms with Crippen LogP contribution in [0.1, 0.15) is 21.7 Å². The molecule has 0 aliphatic carbocycles. The Morgan fingerprint density at radius 1 is 1.04 bits per heavy atom. The molecule has 0 unspecified atom stereocenters. The predicted molar refractivity (Wildman–Crippen MR) is 92.1 cm³/mol. The summed E-state index contributed by atoms with van der Waals surface area (Å²) in [4.78, 5) is 13.0. The van der Waals surface area contributed by atoms with Crippen LogP contribution >= 0.6 is 0 Å². The number of benzene rings is 2. The molecule has 6 nitrogen and oxygen atoms in total. The van der Waals surface area contributed by atoms with Crippen molar-refractivity contribution in [1.82, 2.24) is 0 Å². The van der Waals surface area contributed by atoms with E-state index < -0.39 is 0 Å². The lowest BCUT2D eigenvalue weighted by Gasteiger charge is -2.13. The van der Waals surface area contributed by atoms with Crippen LogP contribution in [-0.2, 0) is 0 Å². The number of phenols is 1. The first-order chi connectivity index (χ1) is 12.0. The quantitative estimate of drug-likeness (QED) is 0.712. The molecule has 130 valence electrons. The van der Waals surface area contributed by atoms with Gasteiger partial charge in [-0.25, -0.2) is 0 Å². The summed E-state index contributed by atoms with van der Waals surface area (Å²) in [5.74, 6) is 1.05. The Morgan fingerprint density at radius 3 is 2.20 bits per heavy atom. The van der Waals surface area contributed by atoms with Gasteiger partial charge in [0, 0.05) is 11.1 Å². The smallest absolute Gasteiger partial charge is 0.228 e. The van der Waals surface area contributed by atoms with Crippen LogP contribution in [0.3, 0.4) is 0 Å². The molecule has 3 rings (SSSR count). The van der Waals surface area contributed by atoms with E-state index in [4.69, 9.17) is 18.6 Å². The third-order valence-corrected chi connectivity index (χ3v) is 4.06. The first-order valence-electron chi connectivity index (χ1n) is 7.57. The highest BCUT2D eigenvalue weighted by molar-refractivity contribution is 6.11. The van der Waals surface area contributed by atoms with E-state index in [1.165, 1.54) is 21.3 Å². The van der Waals surface area contributed by atoms with Gasteiger partial charge in [0.15, 0.2) is 17.3 Å². The van der Waals surface area contributed by atoms with Crippen LogP contribution in [0.15, 0.2) is 34.7 Å². The van der Waals surface area contributed by atoms with Gasteiger partial charge in [-0.05, 0) is 31.2 Å². The number of phenolic OH excluding ortho intramolecular Hbond substituents is 1. The Labute approximate surface area is 144 Å². The third kappa shape index (κ3) is 2.65. The molecule has 0 saturated carbocycles. The molecule has 0 atom stereocenters. The average Bonchev–Trinajstić information content (AvgIpc) is 2.97. The predicted octanol–water partition coefficient (Wildman–Crippen LogP) is 3.70. The number of aromatic hydroxyl groups is 1. The Balaban J connectivity index is 2.16. The van der Waals surface area contributed by atoms with Crippen molar-refractivity contribution in [3.8, 4) is 23.0 Å². The average molecular weight is 342 g/mol. The van der Waals surface area contributed by atoms with E-state index in [-0.39, 0.29) is 17.3 Å². The number of rotatable bonds is 5. The van der Waals surface area contributed by atoms with Crippen molar-refractivity contribution in [3.05, 3.63) is 47.2 Å². The van der Waals surface area contributed by atoms with Crippen LogP contribution in [0.2, 0.25) is 0 Å². The molecule has 1 N–H and O–H groups in total. The number of hydrogen-bond acceptors (Lipinski definition) is 6.